The Morgan fingerprint density at radius 2 is 1.62 bits per heavy atom. The standard InChI is InChI=1S/C28H37N5O3S/c1-20-6-12-24(13-7-20)33-26(19-25(31-33)28(2,3)4)30-27(34)29-23-10-8-21(9-11-23)18-22-14-16-32(17-15-22)37(5,35)36/h6-13,19,22H,14-18H2,1-5H3,(H2,29,30,34). The summed E-state index contributed by atoms with van der Waals surface area (Å²) < 4.78 is 26.8. The van der Waals surface area contributed by atoms with Crippen LogP contribution in [0.2, 0.25) is 0 Å². The summed E-state index contributed by atoms with van der Waals surface area (Å²) in [4.78, 5) is 12.9. The van der Waals surface area contributed by atoms with Crippen molar-refractivity contribution < 1.29 is 13.2 Å². The zero-order valence-corrected chi connectivity index (χ0v) is 23.1. The van der Waals surface area contributed by atoms with Crippen LogP contribution in [0.4, 0.5) is 16.3 Å². The van der Waals surface area contributed by atoms with E-state index in [0.29, 0.717) is 30.5 Å². The van der Waals surface area contributed by atoms with Crippen LogP contribution < -0.4 is 10.6 Å². The van der Waals surface area contributed by atoms with Crippen molar-refractivity contribution in [3.63, 3.8) is 0 Å². The average Bonchev–Trinajstić information content (AvgIpc) is 3.25. The SMILES string of the molecule is Cc1ccc(-n2nc(C(C)(C)C)cc2NC(=O)Nc2ccc(CC3CCN(S(C)(=O)=O)CC3)cc2)cc1. The number of benzene rings is 2. The Morgan fingerprint density at radius 3 is 2.19 bits per heavy atom. The van der Waals surface area contributed by atoms with Crippen molar-refractivity contribution in [3.8, 4) is 5.69 Å². The molecule has 3 aromatic rings. The van der Waals surface area contributed by atoms with Crippen LogP contribution in [0, 0.1) is 12.8 Å². The van der Waals surface area contributed by atoms with E-state index in [1.54, 1.807) is 8.99 Å². The highest BCUT2D eigenvalue weighted by Crippen LogP contribution is 2.27. The number of nitrogens with zero attached hydrogens (tertiary/aromatic N) is 3. The number of nitrogens with one attached hydrogen (secondary N) is 2. The van der Waals surface area contributed by atoms with Gasteiger partial charge in [0.2, 0.25) is 10.0 Å². The lowest BCUT2D eigenvalue weighted by molar-refractivity contribution is 0.262. The summed E-state index contributed by atoms with van der Waals surface area (Å²) in [6.07, 6.45) is 3.89. The lowest BCUT2D eigenvalue weighted by Gasteiger charge is -2.30. The molecule has 198 valence electrons. The third kappa shape index (κ3) is 6.99. The summed E-state index contributed by atoms with van der Waals surface area (Å²) >= 11 is 0. The molecule has 4 rings (SSSR count). The molecule has 9 heteroatoms. The summed E-state index contributed by atoms with van der Waals surface area (Å²) in [6.45, 7) is 9.48. The first-order chi connectivity index (χ1) is 17.4. The minimum absolute atomic E-state index is 0.167. The van der Waals surface area contributed by atoms with Crippen LogP contribution in [0.15, 0.2) is 54.6 Å². The molecule has 1 aliphatic heterocycles. The highest BCUT2D eigenvalue weighted by atomic mass is 32.2. The van der Waals surface area contributed by atoms with Gasteiger partial charge in [-0.1, -0.05) is 50.6 Å². The van der Waals surface area contributed by atoms with Gasteiger partial charge in [0.15, 0.2) is 0 Å². The third-order valence-corrected chi connectivity index (χ3v) is 8.08. The van der Waals surface area contributed by atoms with E-state index in [4.69, 9.17) is 5.10 Å². The minimum Gasteiger partial charge on any atom is -0.308 e. The van der Waals surface area contributed by atoms with E-state index in [2.05, 4.69) is 31.4 Å². The summed E-state index contributed by atoms with van der Waals surface area (Å²) in [7, 11) is -3.11. The van der Waals surface area contributed by atoms with Gasteiger partial charge in [-0.05, 0) is 61.9 Å². The second-order valence-corrected chi connectivity index (χ2v) is 13.0. The van der Waals surface area contributed by atoms with Crippen LogP contribution in [-0.4, -0.2) is 47.9 Å². The van der Waals surface area contributed by atoms with Gasteiger partial charge in [0.25, 0.3) is 0 Å². The number of sulfonamides is 1. The Hall–Kier alpha value is -3.17. The number of amides is 2. The van der Waals surface area contributed by atoms with Gasteiger partial charge in [-0.3, -0.25) is 5.32 Å². The minimum atomic E-state index is -3.11. The predicted molar refractivity (Wildman–Crippen MR) is 149 cm³/mol. The normalized spacial score (nSPS) is 15.5. The quantitative estimate of drug-likeness (QED) is 0.456. The first-order valence-electron chi connectivity index (χ1n) is 12.7. The molecule has 1 fully saturated rings. The topological polar surface area (TPSA) is 96.3 Å². The smallest absolute Gasteiger partial charge is 0.308 e. The Bertz CT molecular complexity index is 1330. The number of aromatic nitrogens is 2. The fourth-order valence-electron chi connectivity index (χ4n) is 4.50. The van der Waals surface area contributed by atoms with Gasteiger partial charge in [-0.2, -0.15) is 5.10 Å². The van der Waals surface area contributed by atoms with Crippen molar-refractivity contribution in [2.24, 2.45) is 5.92 Å². The predicted octanol–water partition coefficient (Wildman–Crippen LogP) is 5.34. The fourth-order valence-corrected chi connectivity index (χ4v) is 5.37. The van der Waals surface area contributed by atoms with Crippen molar-refractivity contribution in [2.75, 3.05) is 30.0 Å². The summed E-state index contributed by atoms with van der Waals surface area (Å²) in [5.41, 5.74) is 4.63. The third-order valence-electron chi connectivity index (χ3n) is 6.78. The van der Waals surface area contributed by atoms with Crippen LogP contribution in [0.3, 0.4) is 0 Å². The van der Waals surface area contributed by atoms with Gasteiger partial charge < -0.3 is 5.32 Å². The van der Waals surface area contributed by atoms with Crippen molar-refractivity contribution >= 4 is 27.6 Å². The van der Waals surface area contributed by atoms with E-state index in [1.165, 1.54) is 11.8 Å². The van der Waals surface area contributed by atoms with Crippen LogP contribution in [0.25, 0.3) is 5.69 Å². The number of piperidine rings is 1. The molecule has 2 heterocycles. The van der Waals surface area contributed by atoms with Gasteiger partial charge in [-0.25, -0.2) is 22.2 Å². The number of carbonyl (C=O) groups is 1. The Balaban J connectivity index is 1.39. The van der Waals surface area contributed by atoms with E-state index in [9.17, 15) is 13.2 Å². The van der Waals surface area contributed by atoms with E-state index in [0.717, 1.165) is 36.2 Å². The number of hydrogen-bond acceptors (Lipinski definition) is 4. The number of rotatable bonds is 6. The molecule has 0 unspecified atom stereocenters. The molecule has 0 saturated carbocycles. The van der Waals surface area contributed by atoms with Crippen LogP contribution in [0.5, 0.6) is 0 Å². The molecular weight excluding hydrogens is 486 g/mol. The van der Waals surface area contributed by atoms with Gasteiger partial charge >= 0.3 is 6.03 Å². The number of anilines is 2. The summed E-state index contributed by atoms with van der Waals surface area (Å²) in [6, 6.07) is 17.4. The molecule has 2 aromatic carbocycles. The number of carbonyl (C=O) groups excluding carboxylic acids is 1. The molecule has 0 atom stereocenters. The molecular formula is C28H37N5O3S. The van der Waals surface area contributed by atoms with Crippen molar-refractivity contribution in [1.29, 1.82) is 0 Å². The van der Waals surface area contributed by atoms with Gasteiger partial charge in [0, 0.05) is 30.3 Å². The molecule has 1 aliphatic rings. The molecule has 8 nitrogen and oxygen atoms in total. The zero-order valence-electron chi connectivity index (χ0n) is 22.3. The van der Waals surface area contributed by atoms with Crippen LogP contribution in [0.1, 0.15) is 50.4 Å². The number of aryl methyl sites for hydroxylation is 1. The molecule has 37 heavy (non-hydrogen) atoms. The van der Waals surface area contributed by atoms with E-state index >= 15 is 0 Å². The molecule has 0 aliphatic carbocycles. The van der Waals surface area contributed by atoms with E-state index < -0.39 is 10.0 Å². The zero-order chi connectivity index (χ0) is 26.8. The van der Waals surface area contributed by atoms with Gasteiger partial charge in [0.05, 0.1) is 17.6 Å². The maximum absolute atomic E-state index is 12.9. The highest BCUT2D eigenvalue weighted by molar-refractivity contribution is 7.88. The van der Waals surface area contributed by atoms with Crippen molar-refractivity contribution in [2.45, 2.75) is 52.4 Å². The first kappa shape index (κ1) is 26.9. The van der Waals surface area contributed by atoms with Gasteiger partial charge in [-0.15, -0.1) is 0 Å². The molecule has 2 N–H and O–H groups in total. The molecule has 1 aromatic heterocycles. The van der Waals surface area contributed by atoms with Crippen molar-refractivity contribution in [1.82, 2.24) is 14.1 Å². The monoisotopic (exact) mass is 523 g/mol. The van der Waals surface area contributed by atoms with E-state index in [1.807, 2.05) is 61.5 Å². The molecule has 0 radical (unpaired) electrons. The number of hydrogen-bond donors (Lipinski definition) is 2. The second kappa shape index (κ2) is 10.7. The molecule has 0 bridgehead atoms. The molecule has 2 amide bonds. The average molecular weight is 524 g/mol. The largest absolute Gasteiger partial charge is 0.324 e. The summed E-state index contributed by atoms with van der Waals surface area (Å²) in [5.74, 6) is 1.06. The van der Waals surface area contributed by atoms with Crippen LogP contribution >= 0.6 is 0 Å². The first-order valence-corrected chi connectivity index (χ1v) is 14.5. The Kier molecular flexibility index (Phi) is 7.75. The maximum atomic E-state index is 12.9. The van der Waals surface area contributed by atoms with E-state index in [-0.39, 0.29) is 11.4 Å². The number of urea groups is 1. The Labute approximate surface area is 220 Å². The van der Waals surface area contributed by atoms with Crippen LogP contribution in [-0.2, 0) is 21.9 Å². The molecule has 1 saturated heterocycles. The second-order valence-electron chi connectivity index (χ2n) is 11.0. The Morgan fingerprint density at radius 1 is 1.00 bits per heavy atom. The lowest BCUT2D eigenvalue weighted by atomic mass is 9.91. The van der Waals surface area contributed by atoms with Crippen molar-refractivity contribution in [3.05, 3.63) is 71.4 Å². The van der Waals surface area contributed by atoms with Gasteiger partial charge in [0.1, 0.15) is 5.82 Å². The fraction of sp³-hybridized carbons (Fsp3) is 0.429. The molecule has 0 spiro atoms. The lowest BCUT2D eigenvalue weighted by Crippen LogP contribution is -2.38. The summed E-state index contributed by atoms with van der Waals surface area (Å²) in [5, 5.41) is 10.6. The maximum Gasteiger partial charge on any atom is 0.324 e. The highest BCUT2D eigenvalue weighted by Gasteiger charge is 2.25.